The molecule has 0 aliphatic heterocycles. The lowest BCUT2D eigenvalue weighted by Gasteiger charge is -2.12. The lowest BCUT2D eigenvalue weighted by molar-refractivity contribution is 0.0702. The van der Waals surface area contributed by atoms with Gasteiger partial charge in [0.25, 0.3) is 0 Å². The van der Waals surface area contributed by atoms with E-state index in [1.165, 1.54) is 0 Å². The minimum Gasteiger partial charge on any atom is -0.492 e. The standard InChI is InChI=1S/C17H28BrN3O3.HI/c1-3-19-17(20-9-4-11-23-14-13-22-2)21-10-12-24-16-7-5-15(18)6-8-16;/h5-8H,3-4,9-14H2,1-2H3,(H2,19,20,21);1H. The van der Waals surface area contributed by atoms with E-state index in [9.17, 15) is 0 Å². The third-order valence-electron chi connectivity index (χ3n) is 2.97. The zero-order chi connectivity index (χ0) is 17.5. The van der Waals surface area contributed by atoms with E-state index in [0.717, 1.165) is 35.7 Å². The smallest absolute Gasteiger partial charge is 0.191 e. The Bertz CT molecular complexity index is 461. The Labute approximate surface area is 176 Å². The fourth-order valence-corrected chi connectivity index (χ4v) is 2.08. The zero-order valence-corrected chi connectivity index (χ0v) is 18.8. The predicted molar refractivity (Wildman–Crippen MR) is 116 cm³/mol. The first-order valence-electron chi connectivity index (χ1n) is 8.23. The Balaban J connectivity index is 0.00000576. The van der Waals surface area contributed by atoms with Crippen LogP contribution in [0, 0.1) is 0 Å². The number of methoxy groups -OCH3 is 1. The van der Waals surface area contributed by atoms with Crippen molar-refractivity contribution < 1.29 is 14.2 Å². The van der Waals surface area contributed by atoms with Crippen LogP contribution < -0.4 is 15.4 Å². The summed E-state index contributed by atoms with van der Waals surface area (Å²) in [5, 5.41) is 6.47. The monoisotopic (exact) mass is 529 g/mol. The predicted octanol–water partition coefficient (Wildman–Crippen LogP) is 3.05. The molecule has 0 fully saturated rings. The molecule has 0 saturated carbocycles. The van der Waals surface area contributed by atoms with Crippen LogP contribution in [-0.2, 0) is 9.47 Å². The molecule has 0 radical (unpaired) electrons. The Morgan fingerprint density at radius 1 is 1.08 bits per heavy atom. The van der Waals surface area contributed by atoms with Gasteiger partial charge in [-0.05, 0) is 37.6 Å². The van der Waals surface area contributed by atoms with Crippen molar-refractivity contribution in [2.75, 3.05) is 53.2 Å². The number of ether oxygens (including phenoxy) is 3. The van der Waals surface area contributed by atoms with Crippen molar-refractivity contribution in [3.63, 3.8) is 0 Å². The van der Waals surface area contributed by atoms with Crippen molar-refractivity contribution in [3.05, 3.63) is 28.7 Å². The van der Waals surface area contributed by atoms with Gasteiger partial charge in [-0.2, -0.15) is 0 Å². The average molecular weight is 530 g/mol. The molecule has 144 valence electrons. The van der Waals surface area contributed by atoms with Crippen LogP contribution in [0.4, 0.5) is 0 Å². The van der Waals surface area contributed by atoms with Crippen LogP contribution >= 0.6 is 39.9 Å². The first-order valence-corrected chi connectivity index (χ1v) is 9.02. The van der Waals surface area contributed by atoms with Crippen molar-refractivity contribution in [1.29, 1.82) is 0 Å². The summed E-state index contributed by atoms with van der Waals surface area (Å²) in [6.45, 7) is 6.80. The van der Waals surface area contributed by atoms with Crippen LogP contribution in [-0.4, -0.2) is 59.1 Å². The molecule has 1 aromatic carbocycles. The minimum absolute atomic E-state index is 0. The topological polar surface area (TPSA) is 64.1 Å². The molecule has 0 saturated heterocycles. The summed E-state index contributed by atoms with van der Waals surface area (Å²) >= 11 is 3.40. The number of hydrogen-bond acceptors (Lipinski definition) is 4. The molecule has 0 atom stereocenters. The molecule has 8 heteroatoms. The summed E-state index contributed by atoms with van der Waals surface area (Å²) in [7, 11) is 1.67. The Morgan fingerprint density at radius 3 is 2.52 bits per heavy atom. The molecule has 1 aromatic rings. The number of guanidine groups is 1. The number of halogens is 2. The second-order valence-corrected chi connectivity index (χ2v) is 5.86. The van der Waals surface area contributed by atoms with E-state index >= 15 is 0 Å². The highest BCUT2D eigenvalue weighted by atomic mass is 127. The number of hydrogen-bond donors (Lipinski definition) is 2. The third kappa shape index (κ3) is 13.3. The number of nitrogens with zero attached hydrogens (tertiary/aromatic N) is 1. The molecule has 1 rings (SSSR count). The van der Waals surface area contributed by atoms with E-state index < -0.39 is 0 Å². The van der Waals surface area contributed by atoms with E-state index in [2.05, 4.69) is 31.6 Å². The van der Waals surface area contributed by atoms with E-state index in [4.69, 9.17) is 14.2 Å². The molecule has 0 heterocycles. The molecule has 25 heavy (non-hydrogen) atoms. The minimum atomic E-state index is 0. The summed E-state index contributed by atoms with van der Waals surface area (Å²) < 4.78 is 17.1. The summed E-state index contributed by atoms with van der Waals surface area (Å²) in [5.41, 5.74) is 0. The summed E-state index contributed by atoms with van der Waals surface area (Å²) in [5.74, 6) is 1.66. The number of aliphatic imine (C=N–C) groups is 1. The van der Waals surface area contributed by atoms with Crippen LogP contribution in [0.15, 0.2) is 33.7 Å². The highest BCUT2D eigenvalue weighted by molar-refractivity contribution is 14.0. The molecule has 0 spiro atoms. The van der Waals surface area contributed by atoms with Crippen LogP contribution in [0.5, 0.6) is 5.75 Å². The lowest BCUT2D eigenvalue weighted by atomic mass is 10.3. The second kappa shape index (κ2) is 16.9. The van der Waals surface area contributed by atoms with E-state index in [-0.39, 0.29) is 24.0 Å². The first-order chi connectivity index (χ1) is 11.8. The van der Waals surface area contributed by atoms with Gasteiger partial charge in [0.2, 0.25) is 0 Å². The number of benzene rings is 1. The molecule has 0 unspecified atom stereocenters. The fraction of sp³-hybridized carbons (Fsp3) is 0.588. The normalized spacial score (nSPS) is 10.9. The van der Waals surface area contributed by atoms with Crippen LogP contribution in [0.1, 0.15) is 13.3 Å². The fourth-order valence-electron chi connectivity index (χ4n) is 1.81. The molecule has 0 aliphatic rings. The van der Waals surface area contributed by atoms with Crippen molar-refractivity contribution in [2.45, 2.75) is 13.3 Å². The molecule has 6 nitrogen and oxygen atoms in total. The number of rotatable bonds is 12. The average Bonchev–Trinajstić information content (AvgIpc) is 2.59. The van der Waals surface area contributed by atoms with Crippen molar-refractivity contribution >= 4 is 45.9 Å². The maximum Gasteiger partial charge on any atom is 0.191 e. The number of nitrogens with one attached hydrogen (secondary N) is 2. The molecule has 0 aromatic heterocycles. The second-order valence-electron chi connectivity index (χ2n) is 4.95. The van der Waals surface area contributed by atoms with Gasteiger partial charge in [0.1, 0.15) is 12.4 Å². The van der Waals surface area contributed by atoms with Crippen molar-refractivity contribution in [1.82, 2.24) is 10.6 Å². The van der Waals surface area contributed by atoms with Gasteiger partial charge in [0.15, 0.2) is 5.96 Å². The molecular weight excluding hydrogens is 501 g/mol. The van der Waals surface area contributed by atoms with Gasteiger partial charge in [-0.15, -0.1) is 24.0 Å². The Morgan fingerprint density at radius 2 is 1.84 bits per heavy atom. The molecule has 0 amide bonds. The highest BCUT2D eigenvalue weighted by Crippen LogP contribution is 2.15. The molecule has 2 N–H and O–H groups in total. The van der Waals surface area contributed by atoms with Crippen LogP contribution in [0.3, 0.4) is 0 Å². The van der Waals surface area contributed by atoms with Gasteiger partial charge in [-0.1, -0.05) is 15.9 Å². The first kappa shape index (κ1) is 24.4. The summed E-state index contributed by atoms with van der Waals surface area (Å²) in [6.07, 6.45) is 0.885. The van der Waals surface area contributed by atoms with Gasteiger partial charge in [0, 0.05) is 31.3 Å². The van der Waals surface area contributed by atoms with E-state index in [1.54, 1.807) is 7.11 Å². The van der Waals surface area contributed by atoms with Gasteiger partial charge in [-0.3, -0.25) is 4.99 Å². The summed E-state index contributed by atoms with van der Waals surface area (Å²) in [4.78, 5) is 4.51. The maximum absolute atomic E-state index is 5.67. The molecular formula is C17H29BrIN3O3. The highest BCUT2D eigenvalue weighted by Gasteiger charge is 1.98. The summed E-state index contributed by atoms with van der Waals surface area (Å²) in [6, 6.07) is 7.80. The Kier molecular flexibility index (Phi) is 16.5. The van der Waals surface area contributed by atoms with Gasteiger partial charge in [-0.25, -0.2) is 0 Å². The quantitative estimate of drug-likeness (QED) is 0.188. The molecule has 0 aliphatic carbocycles. The largest absolute Gasteiger partial charge is 0.492 e. The van der Waals surface area contributed by atoms with E-state index in [0.29, 0.717) is 33.0 Å². The maximum atomic E-state index is 5.67. The zero-order valence-electron chi connectivity index (χ0n) is 14.9. The third-order valence-corrected chi connectivity index (χ3v) is 3.50. The van der Waals surface area contributed by atoms with Gasteiger partial charge in [0.05, 0.1) is 19.8 Å². The van der Waals surface area contributed by atoms with Crippen molar-refractivity contribution in [3.8, 4) is 5.75 Å². The van der Waals surface area contributed by atoms with E-state index in [1.807, 2.05) is 31.2 Å². The van der Waals surface area contributed by atoms with Crippen LogP contribution in [0.25, 0.3) is 0 Å². The molecule has 0 bridgehead atoms. The van der Waals surface area contributed by atoms with Crippen LogP contribution in [0.2, 0.25) is 0 Å². The Hall–Kier alpha value is -0.580. The lowest BCUT2D eigenvalue weighted by Crippen LogP contribution is -2.39. The van der Waals surface area contributed by atoms with Gasteiger partial charge < -0.3 is 24.8 Å². The van der Waals surface area contributed by atoms with Gasteiger partial charge >= 0.3 is 0 Å². The SMILES string of the molecule is CCNC(=NCCCOCCOC)NCCOc1ccc(Br)cc1.I. The van der Waals surface area contributed by atoms with Crippen molar-refractivity contribution in [2.24, 2.45) is 4.99 Å².